The molecule has 18 heavy (non-hydrogen) atoms. The van der Waals surface area contributed by atoms with Crippen LogP contribution in [-0.4, -0.2) is 12.6 Å². The predicted octanol–water partition coefficient (Wildman–Crippen LogP) is 4.23. The van der Waals surface area contributed by atoms with Gasteiger partial charge in [-0.25, -0.2) is 0 Å². The van der Waals surface area contributed by atoms with E-state index in [0.717, 1.165) is 0 Å². The summed E-state index contributed by atoms with van der Waals surface area (Å²) in [5.41, 5.74) is 4.58. The van der Waals surface area contributed by atoms with Crippen molar-refractivity contribution in [1.29, 1.82) is 0 Å². The van der Waals surface area contributed by atoms with Gasteiger partial charge in [0.2, 0.25) is 0 Å². The van der Waals surface area contributed by atoms with E-state index < -0.39 is 0 Å². The predicted molar refractivity (Wildman–Crippen MR) is 79.3 cm³/mol. The van der Waals surface area contributed by atoms with Gasteiger partial charge in [0.25, 0.3) is 0 Å². The van der Waals surface area contributed by atoms with Gasteiger partial charge in [-0.15, -0.1) is 0 Å². The summed E-state index contributed by atoms with van der Waals surface area (Å²) in [6.45, 7) is 10.4. The first-order chi connectivity index (χ1) is 8.58. The molecule has 1 nitrogen and oxygen atoms in total. The number of hydrogen-bond acceptors (Lipinski definition) is 1. The highest BCUT2D eigenvalue weighted by Crippen LogP contribution is 2.26. The van der Waals surface area contributed by atoms with Gasteiger partial charge >= 0.3 is 0 Å². The summed E-state index contributed by atoms with van der Waals surface area (Å²) in [5, 5.41) is 3.62. The van der Waals surface area contributed by atoms with Gasteiger partial charge in [-0.3, -0.25) is 0 Å². The third-order valence-electron chi connectivity index (χ3n) is 4.08. The first kappa shape index (κ1) is 13.6. The van der Waals surface area contributed by atoms with Crippen molar-refractivity contribution in [3.05, 3.63) is 34.9 Å². The minimum atomic E-state index is 0.626. The van der Waals surface area contributed by atoms with Crippen molar-refractivity contribution in [3.63, 3.8) is 0 Å². The maximum absolute atomic E-state index is 3.62. The quantitative estimate of drug-likeness (QED) is 0.837. The summed E-state index contributed by atoms with van der Waals surface area (Å²) >= 11 is 0. The summed E-state index contributed by atoms with van der Waals surface area (Å²) in [4.78, 5) is 0. The lowest BCUT2D eigenvalue weighted by molar-refractivity contribution is 0.597. The Balaban J connectivity index is 2.24. The number of hydrogen-bond donors (Lipinski definition) is 1. The van der Waals surface area contributed by atoms with Gasteiger partial charge in [0.1, 0.15) is 0 Å². The average molecular weight is 245 g/mol. The molecule has 0 spiro atoms. The zero-order valence-corrected chi connectivity index (χ0v) is 12.3. The zero-order chi connectivity index (χ0) is 13.1. The van der Waals surface area contributed by atoms with Crippen molar-refractivity contribution < 1.29 is 0 Å². The highest BCUT2D eigenvalue weighted by molar-refractivity contribution is 5.36. The molecule has 1 atom stereocenters. The van der Waals surface area contributed by atoms with Crippen LogP contribution in [0, 0.1) is 0 Å². The van der Waals surface area contributed by atoms with Gasteiger partial charge in [-0.2, -0.15) is 0 Å². The normalized spacial score (nSPS) is 20.0. The van der Waals surface area contributed by atoms with Gasteiger partial charge < -0.3 is 5.32 Å². The van der Waals surface area contributed by atoms with Gasteiger partial charge in [0, 0.05) is 6.04 Å². The molecule has 1 heteroatoms. The number of nitrogens with one attached hydrogen (secondary N) is 1. The molecule has 1 heterocycles. The Morgan fingerprint density at radius 3 is 2.50 bits per heavy atom. The molecule has 1 aromatic rings. The topological polar surface area (TPSA) is 12.0 Å². The van der Waals surface area contributed by atoms with E-state index in [2.05, 4.69) is 51.2 Å². The Hall–Kier alpha value is -0.820. The smallest absolute Gasteiger partial charge is 0.0108 e. The van der Waals surface area contributed by atoms with E-state index in [9.17, 15) is 0 Å². The highest BCUT2D eigenvalue weighted by atomic mass is 14.9. The Kier molecular flexibility index (Phi) is 4.45. The molecule has 1 aliphatic heterocycles. The standard InChI is InChI=1S/C17H27N/c1-12(2)14-7-8-17(13(3)4)15(10-14)11-16-6-5-9-18-16/h7-8,10,12-13,16,18H,5-6,9,11H2,1-4H3. The van der Waals surface area contributed by atoms with Crippen LogP contribution in [0.3, 0.4) is 0 Å². The van der Waals surface area contributed by atoms with E-state index in [1.807, 2.05) is 0 Å². The largest absolute Gasteiger partial charge is 0.314 e. The van der Waals surface area contributed by atoms with Crippen molar-refractivity contribution in [3.8, 4) is 0 Å². The Bertz CT molecular complexity index is 387. The second-order valence-corrected chi connectivity index (χ2v) is 6.27. The van der Waals surface area contributed by atoms with E-state index in [-0.39, 0.29) is 0 Å². The van der Waals surface area contributed by atoms with Crippen LogP contribution in [0.2, 0.25) is 0 Å². The van der Waals surface area contributed by atoms with E-state index in [1.54, 1.807) is 5.56 Å². The van der Waals surface area contributed by atoms with Crippen LogP contribution in [-0.2, 0) is 6.42 Å². The number of benzene rings is 1. The lowest BCUT2D eigenvalue weighted by Gasteiger charge is -2.19. The minimum absolute atomic E-state index is 0.626. The SMILES string of the molecule is CC(C)c1ccc(C(C)C)c(CC2CCCN2)c1. The van der Waals surface area contributed by atoms with E-state index in [1.165, 1.54) is 36.9 Å². The second-order valence-electron chi connectivity index (χ2n) is 6.27. The van der Waals surface area contributed by atoms with Crippen LogP contribution >= 0.6 is 0 Å². The fourth-order valence-electron chi connectivity index (χ4n) is 2.92. The van der Waals surface area contributed by atoms with Crippen molar-refractivity contribution in [1.82, 2.24) is 5.32 Å². The molecule has 1 aliphatic rings. The average Bonchev–Trinajstić information content (AvgIpc) is 2.81. The molecule has 0 amide bonds. The van der Waals surface area contributed by atoms with Crippen molar-refractivity contribution in [2.75, 3.05) is 6.54 Å². The third kappa shape index (κ3) is 3.14. The van der Waals surface area contributed by atoms with Crippen LogP contribution in [0.4, 0.5) is 0 Å². The molecule has 0 saturated carbocycles. The fourth-order valence-corrected chi connectivity index (χ4v) is 2.92. The minimum Gasteiger partial charge on any atom is -0.314 e. The van der Waals surface area contributed by atoms with Crippen molar-refractivity contribution in [2.45, 2.75) is 64.8 Å². The molecule has 1 fully saturated rings. The van der Waals surface area contributed by atoms with Crippen LogP contribution in [0.1, 0.15) is 69.1 Å². The van der Waals surface area contributed by atoms with Crippen molar-refractivity contribution in [2.24, 2.45) is 0 Å². The molecule has 1 saturated heterocycles. The molecule has 1 aromatic carbocycles. The molecular weight excluding hydrogens is 218 g/mol. The van der Waals surface area contributed by atoms with Crippen molar-refractivity contribution >= 4 is 0 Å². The maximum atomic E-state index is 3.62. The second kappa shape index (κ2) is 5.88. The molecular formula is C17H27N. The van der Waals surface area contributed by atoms with Crippen LogP contribution < -0.4 is 5.32 Å². The molecule has 1 unspecified atom stereocenters. The van der Waals surface area contributed by atoms with Gasteiger partial charge in [-0.1, -0.05) is 45.9 Å². The third-order valence-corrected chi connectivity index (χ3v) is 4.08. The molecule has 100 valence electrons. The monoisotopic (exact) mass is 245 g/mol. The van der Waals surface area contributed by atoms with E-state index in [0.29, 0.717) is 17.9 Å². The molecule has 0 radical (unpaired) electrons. The Labute approximate surface area is 112 Å². The maximum Gasteiger partial charge on any atom is 0.0108 e. The van der Waals surface area contributed by atoms with Gasteiger partial charge in [0.15, 0.2) is 0 Å². The van der Waals surface area contributed by atoms with Crippen LogP contribution in [0.15, 0.2) is 18.2 Å². The summed E-state index contributed by atoms with van der Waals surface area (Å²) in [6, 6.07) is 7.81. The highest BCUT2D eigenvalue weighted by Gasteiger charge is 2.17. The van der Waals surface area contributed by atoms with Gasteiger partial charge in [-0.05, 0) is 54.3 Å². The molecule has 0 aliphatic carbocycles. The van der Waals surface area contributed by atoms with E-state index in [4.69, 9.17) is 0 Å². The van der Waals surface area contributed by atoms with Crippen LogP contribution in [0.25, 0.3) is 0 Å². The summed E-state index contributed by atoms with van der Waals surface area (Å²) in [7, 11) is 0. The Morgan fingerprint density at radius 2 is 1.94 bits per heavy atom. The molecule has 2 rings (SSSR count). The Morgan fingerprint density at radius 1 is 1.17 bits per heavy atom. The summed E-state index contributed by atoms with van der Waals surface area (Å²) in [6.07, 6.45) is 3.88. The molecule has 0 aromatic heterocycles. The first-order valence-electron chi connectivity index (χ1n) is 7.44. The molecule has 1 N–H and O–H groups in total. The fraction of sp³-hybridized carbons (Fsp3) is 0.647. The van der Waals surface area contributed by atoms with Gasteiger partial charge in [0.05, 0.1) is 0 Å². The first-order valence-corrected chi connectivity index (χ1v) is 7.44. The molecule has 0 bridgehead atoms. The summed E-state index contributed by atoms with van der Waals surface area (Å²) in [5.74, 6) is 1.25. The summed E-state index contributed by atoms with van der Waals surface area (Å²) < 4.78 is 0. The lowest BCUT2D eigenvalue weighted by Crippen LogP contribution is -2.24. The zero-order valence-electron chi connectivity index (χ0n) is 12.3. The lowest BCUT2D eigenvalue weighted by atomic mass is 9.89. The number of rotatable bonds is 4. The van der Waals surface area contributed by atoms with E-state index >= 15 is 0 Å². The van der Waals surface area contributed by atoms with Crippen LogP contribution in [0.5, 0.6) is 0 Å².